The van der Waals surface area contributed by atoms with Gasteiger partial charge < -0.3 is 21.1 Å². The normalized spacial score (nSPS) is 14.5. The molecule has 1 aliphatic rings. The summed E-state index contributed by atoms with van der Waals surface area (Å²) in [5.41, 5.74) is 8.99. The number of alkyl halides is 3. The van der Waals surface area contributed by atoms with Crippen LogP contribution in [0, 0.1) is 3.57 Å². The number of benzene rings is 2. The van der Waals surface area contributed by atoms with E-state index in [9.17, 15) is 18.0 Å². The van der Waals surface area contributed by atoms with E-state index in [2.05, 4.69) is 48.2 Å². The van der Waals surface area contributed by atoms with Crippen molar-refractivity contribution in [3.63, 3.8) is 0 Å². The number of carbonyl (C=O) groups excluding carboxylic acids is 1. The van der Waals surface area contributed by atoms with Crippen LogP contribution in [0.5, 0.6) is 0 Å². The number of nitrogen functional groups attached to an aromatic ring is 1. The van der Waals surface area contributed by atoms with Gasteiger partial charge >= 0.3 is 12.2 Å². The van der Waals surface area contributed by atoms with Crippen molar-refractivity contribution in [2.45, 2.75) is 12.7 Å². The number of rotatable bonds is 5. The fraction of sp³-hybridized carbons (Fsp3) is 0.240. The fourth-order valence-electron chi connectivity index (χ4n) is 4.32. The maximum Gasteiger partial charge on any atom is 0.416 e. The van der Waals surface area contributed by atoms with Crippen LogP contribution < -0.4 is 16.4 Å². The van der Waals surface area contributed by atoms with Crippen LogP contribution in [-0.4, -0.2) is 51.8 Å². The Labute approximate surface area is 239 Å². The summed E-state index contributed by atoms with van der Waals surface area (Å²) in [6.07, 6.45) is -3.14. The minimum Gasteiger partial charge on any atom is -0.382 e. The van der Waals surface area contributed by atoms with Gasteiger partial charge in [0, 0.05) is 34.5 Å². The summed E-state index contributed by atoms with van der Waals surface area (Å²) in [6, 6.07) is 8.98. The zero-order chi connectivity index (χ0) is 27.7. The molecule has 2 aromatic carbocycles. The average Bonchev–Trinajstić information content (AvgIpc) is 3.18. The third kappa shape index (κ3) is 5.90. The Morgan fingerprint density at radius 3 is 2.54 bits per heavy atom. The fourth-order valence-corrected chi connectivity index (χ4v) is 5.45. The minimum absolute atomic E-state index is 0.0173. The molecule has 0 saturated carbocycles. The number of amides is 2. The SMILES string of the molecule is Nc1ncnn2c(CN3CCOCC3)c(I)c(-c3ccc(NC(=O)Nc4cc(C(F)(F)F)ccc4Cl)cc3)c12. The summed E-state index contributed by atoms with van der Waals surface area (Å²) < 4.78 is 47.4. The Balaban J connectivity index is 1.38. The van der Waals surface area contributed by atoms with Crippen LogP contribution in [0.3, 0.4) is 0 Å². The summed E-state index contributed by atoms with van der Waals surface area (Å²) in [4.78, 5) is 19.0. The molecular weight excluding hydrogens is 650 g/mol. The van der Waals surface area contributed by atoms with Crippen LogP contribution in [0.15, 0.2) is 48.8 Å². The first-order valence-corrected chi connectivity index (χ1v) is 13.2. The molecule has 2 aromatic heterocycles. The number of nitrogens with two attached hydrogens (primary N) is 1. The van der Waals surface area contributed by atoms with E-state index in [1.165, 1.54) is 6.33 Å². The maximum absolute atomic E-state index is 13.0. The number of halogens is 5. The van der Waals surface area contributed by atoms with Crippen molar-refractivity contribution in [2.75, 3.05) is 42.7 Å². The molecule has 0 atom stereocenters. The largest absolute Gasteiger partial charge is 0.416 e. The lowest BCUT2D eigenvalue weighted by molar-refractivity contribution is -0.137. The second-order valence-corrected chi connectivity index (χ2v) is 10.3. The van der Waals surface area contributed by atoms with E-state index in [0.29, 0.717) is 36.8 Å². The molecule has 204 valence electrons. The van der Waals surface area contributed by atoms with Crippen LogP contribution in [0.1, 0.15) is 11.3 Å². The average molecular weight is 672 g/mol. The molecule has 0 radical (unpaired) electrons. The molecule has 1 aliphatic heterocycles. The summed E-state index contributed by atoms with van der Waals surface area (Å²) in [5, 5.41) is 9.42. The van der Waals surface area contributed by atoms with Gasteiger partial charge in [0.1, 0.15) is 11.8 Å². The Kier molecular flexibility index (Phi) is 7.84. The molecule has 2 amide bonds. The van der Waals surface area contributed by atoms with Crippen molar-refractivity contribution >= 4 is 62.9 Å². The second kappa shape index (κ2) is 11.2. The van der Waals surface area contributed by atoms with E-state index in [4.69, 9.17) is 22.1 Å². The monoisotopic (exact) mass is 671 g/mol. The predicted molar refractivity (Wildman–Crippen MR) is 151 cm³/mol. The molecule has 5 rings (SSSR count). The van der Waals surface area contributed by atoms with Crippen molar-refractivity contribution in [1.82, 2.24) is 19.5 Å². The highest BCUT2D eigenvalue weighted by Gasteiger charge is 2.31. The third-order valence-corrected chi connectivity index (χ3v) is 7.73. The maximum atomic E-state index is 13.0. The van der Waals surface area contributed by atoms with E-state index in [1.54, 1.807) is 12.1 Å². The number of fused-ring (bicyclic) bond motifs is 1. The summed E-state index contributed by atoms with van der Waals surface area (Å²) in [6.45, 7) is 3.63. The molecule has 0 aliphatic carbocycles. The van der Waals surface area contributed by atoms with Crippen molar-refractivity contribution in [1.29, 1.82) is 0 Å². The number of nitrogens with zero attached hydrogens (tertiary/aromatic N) is 4. The molecule has 9 nitrogen and oxygen atoms in total. The number of hydrogen-bond acceptors (Lipinski definition) is 6. The van der Waals surface area contributed by atoms with E-state index >= 15 is 0 Å². The Morgan fingerprint density at radius 1 is 1.13 bits per heavy atom. The van der Waals surface area contributed by atoms with Gasteiger partial charge in [-0.3, -0.25) is 4.90 Å². The first kappa shape index (κ1) is 27.4. The van der Waals surface area contributed by atoms with E-state index in [0.717, 1.165) is 51.7 Å². The molecule has 3 heterocycles. The number of urea groups is 1. The van der Waals surface area contributed by atoms with Gasteiger partial charge in [-0.2, -0.15) is 18.3 Å². The quantitative estimate of drug-likeness (QED) is 0.234. The molecule has 1 saturated heterocycles. The number of anilines is 3. The third-order valence-electron chi connectivity index (χ3n) is 6.23. The second-order valence-electron chi connectivity index (χ2n) is 8.78. The van der Waals surface area contributed by atoms with Gasteiger partial charge in [0.15, 0.2) is 5.82 Å². The number of hydrogen-bond donors (Lipinski definition) is 3. The highest BCUT2D eigenvalue weighted by molar-refractivity contribution is 14.1. The predicted octanol–water partition coefficient (Wildman–Crippen LogP) is 5.73. The van der Waals surface area contributed by atoms with Crippen LogP contribution in [0.4, 0.5) is 35.2 Å². The van der Waals surface area contributed by atoms with Crippen molar-refractivity contribution in [3.8, 4) is 11.1 Å². The lowest BCUT2D eigenvalue weighted by Gasteiger charge is -2.26. The molecule has 0 unspecified atom stereocenters. The zero-order valence-corrected chi connectivity index (χ0v) is 23.1. The molecule has 1 fully saturated rings. The van der Waals surface area contributed by atoms with Gasteiger partial charge in [0.05, 0.1) is 35.2 Å². The van der Waals surface area contributed by atoms with Gasteiger partial charge in [-0.25, -0.2) is 14.3 Å². The van der Waals surface area contributed by atoms with Gasteiger partial charge in [0.2, 0.25) is 0 Å². The lowest BCUT2D eigenvalue weighted by Crippen LogP contribution is -2.36. The van der Waals surface area contributed by atoms with Crippen LogP contribution >= 0.6 is 34.2 Å². The molecule has 4 N–H and O–H groups in total. The highest BCUT2D eigenvalue weighted by atomic mass is 127. The minimum atomic E-state index is -4.56. The van der Waals surface area contributed by atoms with Crippen molar-refractivity contribution in [2.24, 2.45) is 0 Å². The number of morpholine rings is 1. The summed E-state index contributed by atoms with van der Waals surface area (Å²) in [7, 11) is 0. The molecule has 39 heavy (non-hydrogen) atoms. The van der Waals surface area contributed by atoms with Gasteiger partial charge in [-0.05, 0) is 58.5 Å². The van der Waals surface area contributed by atoms with Gasteiger partial charge in [-0.15, -0.1) is 0 Å². The lowest BCUT2D eigenvalue weighted by atomic mass is 10.1. The highest BCUT2D eigenvalue weighted by Crippen LogP contribution is 2.37. The van der Waals surface area contributed by atoms with Crippen LogP contribution in [0.2, 0.25) is 5.02 Å². The molecule has 0 bridgehead atoms. The summed E-state index contributed by atoms with van der Waals surface area (Å²) in [5.74, 6) is 0.339. The van der Waals surface area contributed by atoms with Crippen LogP contribution in [-0.2, 0) is 17.5 Å². The smallest absolute Gasteiger partial charge is 0.382 e. The summed E-state index contributed by atoms with van der Waals surface area (Å²) >= 11 is 8.27. The molecule has 0 spiro atoms. The number of aromatic nitrogens is 3. The van der Waals surface area contributed by atoms with Crippen molar-refractivity contribution in [3.05, 3.63) is 68.6 Å². The van der Waals surface area contributed by atoms with Crippen molar-refractivity contribution < 1.29 is 22.7 Å². The molecule has 14 heteroatoms. The molecule has 4 aromatic rings. The Hall–Kier alpha value is -3.14. The number of nitrogens with one attached hydrogen (secondary N) is 2. The zero-order valence-electron chi connectivity index (χ0n) is 20.2. The van der Waals surface area contributed by atoms with E-state index in [-0.39, 0.29) is 10.7 Å². The topological polar surface area (TPSA) is 110 Å². The standard InChI is InChI=1S/C25H22ClF3IN7O2/c26-17-6-3-15(25(27,28)29)11-18(17)35-24(38)34-16-4-1-14(2-5-16)20-21(30)19(12-36-7-9-39-10-8-36)37-22(20)23(31)32-13-33-37/h1-6,11,13H,7-10,12H2,(H2,31,32,33)(H2,34,35,38). The van der Waals surface area contributed by atoms with E-state index in [1.807, 2.05) is 16.6 Å². The van der Waals surface area contributed by atoms with Crippen LogP contribution in [0.25, 0.3) is 16.6 Å². The number of carbonyl (C=O) groups is 1. The number of ether oxygens (including phenoxy) is 1. The Bertz CT molecular complexity index is 1520. The Morgan fingerprint density at radius 2 is 1.85 bits per heavy atom. The van der Waals surface area contributed by atoms with Gasteiger partial charge in [-0.1, -0.05) is 23.7 Å². The van der Waals surface area contributed by atoms with E-state index < -0.39 is 17.8 Å². The molecular formula is C25H22ClF3IN7O2. The first-order valence-electron chi connectivity index (χ1n) is 11.8. The van der Waals surface area contributed by atoms with Gasteiger partial charge in [0.25, 0.3) is 0 Å². The first-order chi connectivity index (χ1) is 18.6.